The van der Waals surface area contributed by atoms with Crippen LogP contribution in [-0.4, -0.2) is 20.6 Å². The van der Waals surface area contributed by atoms with Crippen molar-refractivity contribution in [1.29, 1.82) is 0 Å². The smallest absolute Gasteiger partial charge is 0.147 e. The van der Waals surface area contributed by atoms with Crippen LogP contribution in [0.25, 0.3) is 0 Å². The number of aromatic nitrogens is 3. The molecule has 0 aromatic carbocycles. The van der Waals surface area contributed by atoms with Gasteiger partial charge < -0.3 is 0 Å². The Bertz CT molecular complexity index is 197. The summed E-state index contributed by atoms with van der Waals surface area (Å²) in [5.74, 6) is 1.49. The van der Waals surface area contributed by atoms with E-state index < -0.39 is 0 Å². The molecular weight excluding hydrogens is 150 g/mol. The second kappa shape index (κ2) is 3.56. The molecule has 1 aromatic rings. The highest BCUT2D eigenvalue weighted by Crippen LogP contribution is 1.91. The lowest BCUT2D eigenvalue weighted by Crippen LogP contribution is -1.98. The molecule has 0 amide bonds. The molecule has 10 heavy (non-hydrogen) atoms. The van der Waals surface area contributed by atoms with E-state index in [4.69, 9.17) is 11.6 Å². The van der Waals surface area contributed by atoms with Gasteiger partial charge in [0.1, 0.15) is 12.2 Å². The van der Waals surface area contributed by atoms with Gasteiger partial charge >= 0.3 is 0 Å². The number of hydrogen-bond donors (Lipinski definition) is 0. The van der Waals surface area contributed by atoms with E-state index in [9.17, 15) is 0 Å². The van der Waals surface area contributed by atoms with Crippen molar-refractivity contribution >= 4 is 11.6 Å². The van der Waals surface area contributed by atoms with E-state index >= 15 is 0 Å². The van der Waals surface area contributed by atoms with Gasteiger partial charge in [-0.15, -0.1) is 11.6 Å². The van der Waals surface area contributed by atoms with Gasteiger partial charge in [-0.2, -0.15) is 5.10 Å². The lowest BCUT2D eigenvalue weighted by molar-refractivity contribution is 0.599. The van der Waals surface area contributed by atoms with Gasteiger partial charge in [0.15, 0.2) is 0 Å². The second-order valence-electron chi connectivity index (χ2n) is 2.10. The molecule has 0 atom stereocenters. The summed E-state index contributed by atoms with van der Waals surface area (Å²) in [5.41, 5.74) is 0. The fraction of sp³-hybridized carbons (Fsp3) is 0.667. The summed E-state index contributed by atoms with van der Waals surface area (Å²) >= 11 is 5.50. The maximum Gasteiger partial charge on any atom is 0.147 e. The minimum Gasteiger partial charge on any atom is -0.253 e. The maximum atomic E-state index is 5.50. The molecule has 0 radical (unpaired) electrons. The molecule has 0 spiro atoms. The Hall–Kier alpha value is -0.570. The summed E-state index contributed by atoms with van der Waals surface area (Å²) < 4.78 is 1.80. The summed E-state index contributed by atoms with van der Waals surface area (Å²) in [7, 11) is 0. The fourth-order valence-corrected chi connectivity index (χ4v) is 0.837. The molecule has 0 aliphatic rings. The van der Waals surface area contributed by atoms with Crippen molar-refractivity contribution < 1.29 is 0 Å². The van der Waals surface area contributed by atoms with Crippen LogP contribution in [0.3, 0.4) is 0 Å². The summed E-state index contributed by atoms with van der Waals surface area (Å²) in [6.07, 6.45) is 2.67. The van der Waals surface area contributed by atoms with Crippen molar-refractivity contribution in [2.45, 2.75) is 19.9 Å². The predicted octanol–water partition coefficient (Wildman–Crippen LogP) is 1.22. The molecule has 0 saturated carbocycles. The molecule has 0 bridgehead atoms. The predicted molar refractivity (Wildman–Crippen MR) is 40.1 cm³/mol. The first-order chi connectivity index (χ1) is 4.83. The minimum atomic E-state index is 0.679. The topological polar surface area (TPSA) is 30.7 Å². The van der Waals surface area contributed by atoms with E-state index in [2.05, 4.69) is 10.1 Å². The largest absolute Gasteiger partial charge is 0.253 e. The summed E-state index contributed by atoms with van der Waals surface area (Å²) in [6.45, 7) is 2.74. The van der Waals surface area contributed by atoms with E-state index in [1.807, 2.05) is 6.92 Å². The van der Waals surface area contributed by atoms with Gasteiger partial charge in [-0.1, -0.05) is 0 Å². The number of aryl methyl sites for hydroxylation is 2. The van der Waals surface area contributed by atoms with Crippen molar-refractivity contribution in [3.05, 3.63) is 12.2 Å². The molecule has 0 unspecified atom stereocenters. The van der Waals surface area contributed by atoms with E-state index in [-0.39, 0.29) is 0 Å². The lowest BCUT2D eigenvalue weighted by Gasteiger charge is -1.94. The van der Waals surface area contributed by atoms with Gasteiger partial charge in [0, 0.05) is 12.4 Å². The highest BCUT2D eigenvalue weighted by molar-refractivity contribution is 6.17. The molecule has 0 N–H and O–H groups in total. The van der Waals surface area contributed by atoms with E-state index in [0.717, 1.165) is 18.8 Å². The van der Waals surface area contributed by atoms with Crippen molar-refractivity contribution in [2.75, 3.05) is 5.88 Å². The Morgan fingerprint density at radius 2 is 2.50 bits per heavy atom. The molecule has 0 saturated heterocycles. The van der Waals surface area contributed by atoms with E-state index in [1.54, 1.807) is 11.0 Å². The van der Waals surface area contributed by atoms with Gasteiger partial charge in [-0.25, -0.2) is 4.98 Å². The molecule has 1 rings (SSSR count). The first-order valence-electron chi connectivity index (χ1n) is 3.25. The molecule has 1 heterocycles. The molecule has 4 heteroatoms. The van der Waals surface area contributed by atoms with Crippen LogP contribution >= 0.6 is 11.6 Å². The van der Waals surface area contributed by atoms with Crippen molar-refractivity contribution in [3.63, 3.8) is 0 Å². The zero-order valence-corrected chi connectivity index (χ0v) is 6.67. The molecule has 0 fully saturated rings. The first kappa shape index (κ1) is 7.54. The third-order valence-electron chi connectivity index (χ3n) is 1.17. The van der Waals surface area contributed by atoms with Gasteiger partial charge in [0.25, 0.3) is 0 Å². The van der Waals surface area contributed by atoms with Crippen LogP contribution in [0.15, 0.2) is 6.33 Å². The zero-order valence-electron chi connectivity index (χ0n) is 5.92. The average Bonchev–Trinajstić information content (AvgIpc) is 2.31. The van der Waals surface area contributed by atoms with Crippen LogP contribution in [0, 0.1) is 6.92 Å². The van der Waals surface area contributed by atoms with Gasteiger partial charge in [0.05, 0.1) is 0 Å². The molecule has 1 aromatic heterocycles. The molecular formula is C6H10ClN3. The molecule has 0 aliphatic heterocycles. The standard InChI is InChI=1S/C6H10ClN3/c1-6-8-5-10(9-6)4-2-3-7/h5H,2-4H2,1H3. The lowest BCUT2D eigenvalue weighted by atomic mass is 10.5. The summed E-state index contributed by atoms with van der Waals surface area (Å²) in [4.78, 5) is 3.98. The zero-order chi connectivity index (χ0) is 7.40. The maximum absolute atomic E-state index is 5.50. The van der Waals surface area contributed by atoms with Crippen LogP contribution in [0.5, 0.6) is 0 Å². The van der Waals surface area contributed by atoms with E-state index in [0.29, 0.717) is 5.88 Å². The number of halogens is 1. The Morgan fingerprint density at radius 3 is 3.00 bits per heavy atom. The summed E-state index contributed by atoms with van der Waals surface area (Å²) in [6, 6.07) is 0. The van der Waals surface area contributed by atoms with Crippen LogP contribution in [0.4, 0.5) is 0 Å². The van der Waals surface area contributed by atoms with Crippen molar-refractivity contribution in [3.8, 4) is 0 Å². The SMILES string of the molecule is Cc1ncn(CCCCl)n1. The molecule has 3 nitrogen and oxygen atoms in total. The number of rotatable bonds is 3. The van der Waals surface area contributed by atoms with Crippen LogP contribution in [0.1, 0.15) is 12.2 Å². The summed E-state index contributed by atoms with van der Waals surface area (Å²) in [5, 5.41) is 4.10. The monoisotopic (exact) mass is 159 g/mol. The molecule has 0 aliphatic carbocycles. The Kier molecular flexibility index (Phi) is 2.68. The van der Waals surface area contributed by atoms with Gasteiger partial charge in [0.2, 0.25) is 0 Å². The van der Waals surface area contributed by atoms with Gasteiger partial charge in [-0.05, 0) is 13.3 Å². The highest BCUT2D eigenvalue weighted by Gasteiger charge is 1.92. The molecule has 56 valence electrons. The highest BCUT2D eigenvalue weighted by atomic mass is 35.5. The minimum absolute atomic E-state index is 0.679. The number of alkyl halides is 1. The average molecular weight is 160 g/mol. The Morgan fingerprint density at radius 1 is 1.70 bits per heavy atom. The fourth-order valence-electron chi connectivity index (χ4n) is 0.717. The van der Waals surface area contributed by atoms with E-state index in [1.165, 1.54) is 0 Å². The van der Waals surface area contributed by atoms with Crippen LogP contribution < -0.4 is 0 Å². The quantitative estimate of drug-likeness (QED) is 0.621. The Labute approximate surface area is 65.0 Å². The van der Waals surface area contributed by atoms with Crippen LogP contribution in [-0.2, 0) is 6.54 Å². The van der Waals surface area contributed by atoms with Crippen molar-refractivity contribution in [1.82, 2.24) is 14.8 Å². The van der Waals surface area contributed by atoms with Gasteiger partial charge in [-0.3, -0.25) is 4.68 Å². The Balaban J connectivity index is 2.42. The number of hydrogen-bond acceptors (Lipinski definition) is 2. The number of nitrogens with zero attached hydrogens (tertiary/aromatic N) is 3. The normalized spacial score (nSPS) is 10.2. The second-order valence-corrected chi connectivity index (χ2v) is 2.48. The third kappa shape index (κ3) is 1.99. The van der Waals surface area contributed by atoms with Crippen LogP contribution in [0.2, 0.25) is 0 Å². The third-order valence-corrected chi connectivity index (χ3v) is 1.44. The van der Waals surface area contributed by atoms with Crippen molar-refractivity contribution in [2.24, 2.45) is 0 Å². The first-order valence-corrected chi connectivity index (χ1v) is 3.78.